The van der Waals surface area contributed by atoms with Crippen molar-refractivity contribution in [2.45, 2.75) is 32.4 Å². The van der Waals surface area contributed by atoms with Gasteiger partial charge in [-0.05, 0) is 49.4 Å². The van der Waals surface area contributed by atoms with Crippen LogP contribution in [0, 0.1) is 0 Å². The lowest BCUT2D eigenvalue weighted by atomic mass is 10.1. The Morgan fingerprint density at radius 2 is 2.05 bits per heavy atom. The number of fused-ring (bicyclic) bond motifs is 1. The zero-order valence-electron chi connectivity index (χ0n) is 11.8. The molecular weight excluding hydrogens is 270 g/mol. The predicted octanol–water partition coefficient (Wildman–Crippen LogP) is 3.76. The summed E-state index contributed by atoms with van der Waals surface area (Å²) in [4.78, 5) is 1.42. The van der Waals surface area contributed by atoms with Crippen molar-refractivity contribution in [2.75, 3.05) is 6.79 Å². The monoisotopic (exact) mass is 289 g/mol. The van der Waals surface area contributed by atoms with E-state index in [1.165, 1.54) is 10.4 Å². The van der Waals surface area contributed by atoms with Crippen LogP contribution in [0.15, 0.2) is 35.7 Å². The highest BCUT2D eigenvalue weighted by atomic mass is 32.1. The first-order chi connectivity index (χ1) is 9.72. The standard InChI is InChI=1S/C16H19NO2S/c1-11(8-14-4-3-7-20-14)17-12(2)13-5-6-15-16(9-13)19-10-18-15/h3-7,9,11-12,17H,8,10H2,1-2H3. The Morgan fingerprint density at radius 1 is 1.20 bits per heavy atom. The van der Waals surface area contributed by atoms with Crippen molar-refractivity contribution in [2.24, 2.45) is 0 Å². The molecule has 0 spiro atoms. The lowest BCUT2D eigenvalue weighted by Crippen LogP contribution is -2.30. The number of thiophene rings is 1. The van der Waals surface area contributed by atoms with E-state index in [1.807, 2.05) is 17.4 Å². The first-order valence-corrected chi connectivity index (χ1v) is 7.78. The predicted molar refractivity (Wildman–Crippen MR) is 81.6 cm³/mol. The van der Waals surface area contributed by atoms with Gasteiger partial charge in [0.05, 0.1) is 0 Å². The number of ether oxygens (including phenoxy) is 2. The van der Waals surface area contributed by atoms with Crippen molar-refractivity contribution in [1.82, 2.24) is 5.32 Å². The molecular formula is C16H19NO2S. The fraction of sp³-hybridized carbons (Fsp3) is 0.375. The van der Waals surface area contributed by atoms with Gasteiger partial charge in [-0.15, -0.1) is 11.3 Å². The van der Waals surface area contributed by atoms with Crippen molar-refractivity contribution >= 4 is 11.3 Å². The molecule has 1 aromatic carbocycles. The van der Waals surface area contributed by atoms with Gasteiger partial charge in [0, 0.05) is 17.0 Å². The van der Waals surface area contributed by atoms with Gasteiger partial charge in [0.15, 0.2) is 11.5 Å². The molecule has 2 heterocycles. The molecule has 2 atom stereocenters. The number of hydrogen-bond donors (Lipinski definition) is 1. The fourth-order valence-corrected chi connectivity index (χ4v) is 3.33. The third-order valence-electron chi connectivity index (χ3n) is 3.52. The quantitative estimate of drug-likeness (QED) is 0.909. The number of rotatable bonds is 5. The van der Waals surface area contributed by atoms with Gasteiger partial charge in [-0.1, -0.05) is 12.1 Å². The van der Waals surface area contributed by atoms with E-state index in [4.69, 9.17) is 9.47 Å². The van der Waals surface area contributed by atoms with E-state index in [1.54, 1.807) is 0 Å². The van der Waals surface area contributed by atoms with Gasteiger partial charge in [0.1, 0.15) is 0 Å². The average molecular weight is 289 g/mol. The second-order valence-electron chi connectivity index (χ2n) is 5.19. The van der Waals surface area contributed by atoms with E-state index >= 15 is 0 Å². The highest BCUT2D eigenvalue weighted by molar-refractivity contribution is 7.09. The van der Waals surface area contributed by atoms with Crippen LogP contribution in [0.5, 0.6) is 11.5 Å². The molecule has 20 heavy (non-hydrogen) atoms. The molecule has 0 saturated heterocycles. The van der Waals surface area contributed by atoms with Crippen molar-refractivity contribution < 1.29 is 9.47 Å². The van der Waals surface area contributed by atoms with Crippen molar-refractivity contribution in [3.63, 3.8) is 0 Å². The van der Waals surface area contributed by atoms with Gasteiger partial charge in [-0.3, -0.25) is 0 Å². The highest BCUT2D eigenvalue weighted by Gasteiger charge is 2.16. The molecule has 0 aliphatic carbocycles. The Kier molecular flexibility index (Phi) is 3.94. The third kappa shape index (κ3) is 2.97. The van der Waals surface area contributed by atoms with Crippen molar-refractivity contribution in [3.05, 3.63) is 46.2 Å². The van der Waals surface area contributed by atoms with Crippen molar-refractivity contribution in [3.8, 4) is 11.5 Å². The summed E-state index contributed by atoms with van der Waals surface area (Å²) in [6.07, 6.45) is 1.06. The molecule has 0 saturated carbocycles. The lowest BCUT2D eigenvalue weighted by molar-refractivity contribution is 0.174. The van der Waals surface area contributed by atoms with E-state index in [-0.39, 0.29) is 0 Å². The number of nitrogens with one attached hydrogen (secondary N) is 1. The zero-order chi connectivity index (χ0) is 13.9. The zero-order valence-corrected chi connectivity index (χ0v) is 12.6. The average Bonchev–Trinajstić information content (AvgIpc) is 3.07. The molecule has 106 valence electrons. The Bertz CT molecular complexity index is 568. The van der Waals surface area contributed by atoms with Gasteiger partial charge in [-0.25, -0.2) is 0 Å². The van der Waals surface area contributed by atoms with Gasteiger partial charge < -0.3 is 14.8 Å². The second kappa shape index (κ2) is 5.85. The van der Waals surface area contributed by atoms with E-state index < -0.39 is 0 Å². The molecule has 0 fully saturated rings. The van der Waals surface area contributed by atoms with Crippen LogP contribution >= 0.6 is 11.3 Å². The molecule has 4 heteroatoms. The Labute approximate surface area is 123 Å². The van der Waals surface area contributed by atoms with E-state index in [9.17, 15) is 0 Å². The number of benzene rings is 1. The topological polar surface area (TPSA) is 30.5 Å². The molecule has 1 N–H and O–H groups in total. The summed E-state index contributed by atoms with van der Waals surface area (Å²) in [5, 5.41) is 5.76. The van der Waals surface area contributed by atoms with Crippen LogP contribution in [0.1, 0.15) is 30.3 Å². The maximum absolute atomic E-state index is 5.43. The van der Waals surface area contributed by atoms with Crippen molar-refractivity contribution in [1.29, 1.82) is 0 Å². The lowest BCUT2D eigenvalue weighted by Gasteiger charge is -2.20. The van der Waals surface area contributed by atoms with Crippen LogP contribution in [0.3, 0.4) is 0 Å². The summed E-state index contributed by atoms with van der Waals surface area (Å²) < 4.78 is 10.8. The van der Waals surface area contributed by atoms with Gasteiger partial charge in [0.25, 0.3) is 0 Å². The maximum atomic E-state index is 5.43. The molecule has 2 aromatic rings. The molecule has 1 aromatic heterocycles. The first kappa shape index (κ1) is 13.5. The van der Waals surface area contributed by atoms with Gasteiger partial charge >= 0.3 is 0 Å². The SMILES string of the molecule is CC(Cc1cccs1)NC(C)c1ccc2c(c1)OCO2. The molecule has 1 aliphatic heterocycles. The minimum Gasteiger partial charge on any atom is -0.454 e. The Balaban J connectivity index is 1.62. The summed E-state index contributed by atoms with van der Waals surface area (Å²) in [6.45, 7) is 4.74. The van der Waals surface area contributed by atoms with E-state index in [2.05, 4.69) is 48.8 Å². The van der Waals surface area contributed by atoms with Gasteiger partial charge in [0.2, 0.25) is 6.79 Å². The normalized spacial score (nSPS) is 16.1. The molecule has 0 amide bonds. The summed E-state index contributed by atoms with van der Waals surface area (Å²) in [6, 6.07) is 11.2. The van der Waals surface area contributed by atoms with Gasteiger partial charge in [-0.2, -0.15) is 0 Å². The molecule has 3 nitrogen and oxygen atoms in total. The second-order valence-corrected chi connectivity index (χ2v) is 6.22. The smallest absolute Gasteiger partial charge is 0.231 e. The minimum atomic E-state index is 0.291. The van der Waals surface area contributed by atoms with Crippen LogP contribution in [0.25, 0.3) is 0 Å². The van der Waals surface area contributed by atoms with Crippen LogP contribution in [-0.2, 0) is 6.42 Å². The minimum absolute atomic E-state index is 0.291. The van der Waals surface area contributed by atoms with Crippen LogP contribution in [0.4, 0.5) is 0 Å². The summed E-state index contributed by atoms with van der Waals surface area (Å²) in [5.41, 5.74) is 1.23. The Morgan fingerprint density at radius 3 is 2.85 bits per heavy atom. The Hall–Kier alpha value is -1.52. The number of hydrogen-bond acceptors (Lipinski definition) is 4. The summed E-state index contributed by atoms with van der Waals surface area (Å²) in [5.74, 6) is 1.69. The molecule has 1 aliphatic rings. The maximum Gasteiger partial charge on any atom is 0.231 e. The molecule has 0 bridgehead atoms. The van der Waals surface area contributed by atoms with E-state index in [0.29, 0.717) is 18.9 Å². The molecule has 0 radical (unpaired) electrons. The largest absolute Gasteiger partial charge is 0.454 e. The van der Waals surface area contributed by atoms with Crippen LogP contribution < -0.4 is 14.8 Å². The van der Waals surface area contributed by atoms with Crippen LogP contribution in [-0.4, -0.2) is 12.8 Å². The molecule has 3 rings (SSSR count). The summed E-state index contributed by atoms with van der Waals surface area (Å²) in [7, 11) is 0. The molecule has 2 unspecified atom stereocenters. The fourth-order valence-electron chi connectivity index (χ4n) is 2.49. The third-order valence-corrected chi connectivity index (χ3v) is 4.42. The summed E-state index contributed by atoms with van der Waals surface area (Å²) >= 11 is 1.81. The first-order valence-electron chi connectivity index (χ1n) is 6.90. The highest BCUT2D eigenvalue weighted by Crippen LogP contribution is 2.34. The van der Waals surface area contributed by atoms with Crippen LogP contribution in [0.2, 0.25) is 0 Å². The van der Waals surface area contributed by atoms with E-state index in [0.717, 1.165) is 17.9 Å².